The number of nitro benzene ring substituents is 1. The molecular weight excluding hydrogens is 288 g/mol. The summed E-state index contributed by atoms with van der Waals surface area (Å²) in [6.07, 6.45) is 0.589. The third kappa shape index (κ3) is 3.81. The Labute approximate surface area is 128 Å². The van der Waals surface area contributed by atoms with Gasteiger partial charge in [-0.05, 0) is 38.8 Å². The van der Waals surface area contributed by atoms with Crippen molar-refractivity contribution in [2.45, 2.75) is 40.2 Å². The number of aliphatic carboxylic acids is 1. The number of hydrogen-bond donors (Lipinski definition) is 1. The van der Waals surface area contributed by atoms with Crippen LogP contribution in [0.25, 0.3) is 0 Å². The fourth-order valence-electron chi connectivity index (χ4n) is 2.22. The summed E-state index contributed by atoms with van der Waals surface area (Å²) in [4.78, 5) is 35.3. The summed E-state index contributed by atoms with van der Waals surface area (Å²) in [6, 6.07) is 2.52. The highest BCUT2D eigenvalue weighted by molar-refractivity contribution is 5.98. The van der Waals surface area contributed by atoms with Crippen molar-refractivity contribution in [3.05, 3.63) is 38.9 Å². The molecule has 0 heterocycles. The maximum absolute atomic E-state index is 12.6. The van der Waals surface area contributed by atoms with Crippen LogP contribution in [0.1, 0.15) is 41.8 Å². The summed E-state index contributed by atoms with van der Waals surface area (Å²) < 4.78 is 0. The Bertz CT molecular complexity index is 612. The minimum Gasteiger partial charge on any atom is -0.480 e. The number of nitrogens with zero attached hydrogens (tertiary/aromatic N) is 2. The molecule has 0 bridgehead atoms. The van der Waals surface area contributed by atoms with E-state index in [1.807, 2.05) is 6.92 Å². The predicted molar refractivity (Wildman–Crippen MR) is 81.0 cm³/mol. The average molecular weight is 308 g/mol. The van der Waals surface area contributed by atoms with E-state index in [2.05, 4.69) is 0 Å². The lowest BCUT2D eigenvalue weighted by Crippen LogP contribution is -2.42. The Balaban J connectivity index is 3.32. The van der Waals surface area contributed by atoms with E-state index in [1.54, 1.807) is 26.8 Å². The number of benzene rings is 1. The zero-order chi connectivity index (χ0) is 17.0. The third-order valence-electron chi connectivity index (χ3n) is 3.66. The number of carboxylic acid groups (broad SMARTS) is 1. The van der Waals surface area contributed by atoms with Crippen molar-refractivity contribution < 1.29 is 19.6 Å². The second kappa shape index (κ2) is 7.02. The van der Waals surface area contributed by atoms with Crippen LogP contribution >= 0.6 is 0 Å². The lowest BCUT2D eigenvalue weighted by molar-refractivity contribution is -0.385. The fraction of sp³-hybridized carbons (Fsp3) is 0.467. The van der Waals surface area contributed by atoms with Gasteiger partial charge in [0.2, 0.25) is 0 Å². The first kappa shape index (κ1) is 17.6. The molecule has 0 fully saturated rings. The third-order valence-corrected chi connectivity index (χ3v) is 3.66. The van der Waals surface area contributed by atoms with Crippen LogP contribution in [0.3, 0.4) is 0 Å². The quantitative estimate of drug-likeness (QED) is 0.643. The Morgan fingerprint density at radius 3 is 2.36 bits per heavy atom. The monoisotopic (exact) mass is 308 g/mol. The molecule has 1 amide bonds. The van der Waals surface area contributed by atoms with Crippen molar-refractivity contribution in [3.8, 4) is 0 Å². The smallest absolute Gasteiger partial charge is 0.323 e. The Kier molecular flexibility index (Phi) is 5.62. The van der Waals surface area contributed by atoms with E-state index in [9.17, 15) is 19.7 Å². The summed E-state index contributed by atoms with van der Waals surface area (Å²) in [5, 5.41) is 20.0. The van der Waals surface area contributed by atoms with Gasteiger partial charge in [0, 0.05) is 23.2 Å². The molecule has 0 aliphatic heterocycles. The van der Waals surface area contributed by atoms with Crippen LogP contribution < -0.4 is 0 Å². The van der Waals surface area contributed by atoms with E-state index < -0.39 is 23.3 Å². The van der Waals surface area contributed by atoms with Gasteiger partial charge in [0.15, 0.2) is 0 Å². The van der Waals surface area contributed by atoms with Gasteiger partial charge < -0.3 is 10.0 Å². The first-order chi connectivity index (χ1) is 10.2. The van der Waals surface area contributed by atoms with E-state index in [1.165, 1.54) is 11.0 Å². The zero-order valence-electron chi connectivity index (χ0n) is 13.1. The SMILES string of the molecule is CCC(C)N(CC(=O)O)C(=O)c1cc([N+](=O)[O-])c(C)cc1C. The van der Waals surface area contributed by atoms with Gasteiger partial charge in [0.25, 0.3) is 11.6 Å². The molecule has 0 spiro atoms. The Hall–Kier alpha value is -2.44. The van der Waals surface area contributed by atoms with Crippen molar-refractivity contribution in [1.82, 2.24) is 4.90 Å². The molecule has 1 aromatic carbocycles. The van der Waals surface area contributed by atoms with Crippen LogP contribution in [0, 0.1) is 24.0 Å². The van der Waals surface area contributed by atoms with Crippen LogP contribution in [0.4, 0.5) is 5.69 Å². The van der Waals surface area contributed by atoms with Crippen molar-refractivity contribution in [2.24, 2.45) is 0 Å². The van der Waals surface area contributed by atoms with Gasteiger partial charge in [-0.3, -0.25) is 19.7 Å². The standard InChI is InChI=1S/C15H20N2O5/c1-5-11(4)16(8-14(18)19)15(20)12-7-13(17(21)22)10(3)6-9(12)2/h6-7,11H,5,8H2,1-4H3,(H,18,19). The van der Waals surface area contributed by atoms with Crippen LogP contribution in [0.15, 0.2) is 12.1 Å². The molecule has 120 valence electrons. The molecule has 0 aliphatic rings. The molecule has 1 N–H and O–H groups in total. The fourth-order valence-corrected chi connectivity index (χ4v) is 2.22. The number of nitro groups is 1. The number of aryl methyl sites for hydroxylation is 2. The van der Waals surface area contributed by atoms with Crippen molar-refractivity contribution in [1.29, 1.82) is 0 Å². The zero-order valence-corrected chi connectivity index (χ0v) is 13.1. The number of carboxylic acids is 1. The minimum atomic E-state index is -1.12. The maximum atomic E-state index is 12.6. The minimum absolute atomic E-state index is 0.145. The second-order valence-electron chi connectivity index (χ2n) is 5.29. The normalized spacial score (nSPS) is 11.8. The van der Waals surface area contributed by atoms with E-state index >= 15 is 0 Å². The largest absolute Gasteiger partial charge is 0.480 e. The first-order valence-corrected chi connectivity index (χ1v) is 6.97. The van der Waals surface area contributed by atoms with Gasteiger partial charge in [-0.2, -0.15) is 0 Å². The van der Waals surface area contributed by atoms with E-state index in [4.69, 9.17) is 5.11 Å². The molecule has 7 heteroatoms. The van der Waals surface area contributed by atoms with Crippen LogP contribution in [0.2, 0.25) is 0 Å². The van der Waals surface area contributed by atoms with Crippen LogP contribution in [-0.4, -0.2) is 39.4 Å². The average Bonchev–Trinajstić information content (AvgIpc) is 2.42. The van der Waals surface area contributed by atoms with Gasteiger partial charge in [-0.15, -0.1) is 0 Å². The maximum Gasteiger partial charge on any atom is 0.323 e. The van der Waals surface area contributed by atoms with E-state index in [-0.39, 0.29) is 17.3 Å². The molecule has 7 nitrogen and oxygen atoms in total. The summed E-state index contributed by atoms with van der Waals surface area (Å²) in [7, 11) is 0. The van der Waals surface area contributed by atoms with Gasteiger partial charge in [0.1, 0.15) is 6.54 Å². The number of rotatable bonds is 6. The molecule has 1 unspecified atom stereocenters. The van der Waals surface area contributed by atoms with Crippen LogP contribution in [0.5, 0.6) is 0 Å². The number of amides is 1. The molecule has 0 radical (unpaired) electrons. The lowest BCUT2D eigenvalue weighted by atomic mass is 10.0. The van der Waals surface area contributed by atoms with Gasteiger partial charge >= 0.3 is 5.97 Å². The molecule has 0 aromatic heterocycles. The molecular formula is C15H20N2O5. The van der Waals surface area contributed by atoms with Crippen LogP contribution in [-0.2, 0) is 4.79 Å². The second-order valence-corrected chi connectivity index (χ2v) is 5.29. The van der Waals surface area contributed by atoms with Gasteiger partial charge in [0.05, 0.1) is 4.92 Å². The summed E-state index contributed by atoms with van der Waals surface area (Å²) >= 11 is 0. The number of carbonyl (C=O) groups is 2. The molecule has 0 aliphatic carbocycles. The lowest BCUT2D eigenvalue weighted by Gasteiger charge is -2.27. The topological polar surface area (TPSA) is 101 Å². The highest BCUT2D eigenvalue weighted by atomic mass is 16.6. The van der Waals surface area contributed by atoms with Gasteiger partial charge in [-0.25, -0.2) is 0 Å². The molecule has 0 saturated carbocycles. The molecule has 1 rings (SSSR count). The van der Waals surface area contributed by atoms with Crippen molar-refractivity contribution >= 4 is 17.6 Å². The van der Waals surface area contributed by atoms with Crippen molar-refractivity contribution in [2.75, 3.05) is 6.54 Å². The number of hydrogen-bond acceptors (Lipinski definition) is 4. The summed E-state index contributed by atoms with van der Waals surface area (Å²) in [6.45, 7) is 6.44. The Morgan fingerprint density at radius 2 is 1.91 bits per heavy atom. The highest BCUT2D eigenvalue weighted by Gasteiger charge is 2.26. The molecule has 22 heavy (non-hydrogen) atoms. The molecule has 1 atom stereocenters. The van der Waals surface area contributed by atoms with Crippen molar-refractivity contribution in [3.63, 3.8) is 0 Å². The van der Waals surface area contributed by atoms with Gasteiger partial charge in [-0.1, -0.05) is 6.92 Å². The number of carbonyl (C=O) groups excluding carboxylic acids is 1. The summed E-state index contributed by atoms with van der Waals surface area (Å²) in [5.74, 6) is -1.62. The highest BCUT2D eigenvalue weighted by Crippen LogP contribution is 2.24. The molecule has 0 saturated heterocycles. The van der Waals surface area contributed by atoms with E-state index in [0.29, 0.717) is 17.5 Å². The summed E-state index contributed by atoms with van der Waals surface area (Å²) in [5.41, 5.74) is 1.08. The first-order valence-electron chi connectivity index (χ1n) is 6.97. The molecule has 1 aromatic rings. The Morgan fingerprint density at radius 1 is 1.32 bits per heavy atom. The van der Waals surface area contributed by atoms with E-state index in [0.717, 1.165) is 0 Å². The predicted octanol–water partition coefficient (Wildman–Crippen LogP) is 2.54.